The summed E-state index contributed by atoms with van der Waals surface area (Å²) in [5.74, 6) is 1.29. The second-order valence-corrected chi connectivity index (χ2v) is 6.55. The minimum Gasteiger partial charge on any atom is -0.373 e. The maximum absolute atomic E-state index is 3.57. The van der Waals surface area contributed by atoms with Crippen LogP contribution in [-0.2, 0) is 6.42 Å². The Morgan fingerprint density at radius 1 is 1.39 bits per heavy atom. The second-order valence-electron chi connectivity index (χ2n) is 5.42. The SMILES string of the molecule is CN(CC1CCCN1)c1ccc2c(c1)CCCS2. The number of hydrogen-bond donors (Lipinski definition) is 1. The van der Waals surface area contributed by atoms with Crippen molar-refractivity contribution in [1.29, 1.82) is 0 Å². The summed E-state index contributed by atoms with van der Waals surface area (Å²) in [6, 6.07) is 7.68. The van der Waals surface area contributed by atoms with E-state index >= 15 is 0 Å². The summed E-state index contributed by atoms with van der Waals surface area (Å²) in [7, 11) is 2.22. The minimum atomic E-state index is 0.681. The molecule has 0 saturated carbocycles. The summed E-state index contributed by atoms with van der Waals surface area (Å²) in [6.07, 6.45) is 5.24. The molecule has 2 nitrogen and oxygen atoms in total. The molecule has 1 fully saturated rings. The fraction of sp³-hybridized carbons (Fsp3) is 0.600. The van der Waals surface area contributed by atoms with Crippen molar-refractivity contribution in [3.63, 3.8) is 0 Å². The normalized spacial score (nSPS) is 22.8. The number of aryl methyl sites for hydroxylation is 1. The van der Waals surface area contributed by atoms with Crippen LogP contribution in [0.25, 0.3) is 0 Å². The average molecular weight is 262 g/mol. The van der Waals surface area contributed by atoms with E-state index in [1.54, 1.807) is 5.56 Å². The lowest BCUT2D eigenvalue weighted by Gasteiger charge is -2.25. The number of anilines is 1. The lowest BCUT2D eigenvalue weighted by molar-refractivity contribution is 0.599. The standard InChI is InChI=1S/C15H22N2S/c1-17(11-13-5-2-8-16-13)14-6-7-15-12(10-14)4-3-9-18-15/h6-7,10,13,16H,2-5,8-9,11H2,1H3. The predicted molar refractivity (Wildman–Crippen MR) is 79.8 cm³/mol. The van der Waals surface area contributed by atoms with Gasteiger partial charge in [-0.05, 0) is 61.7 Å². The maximum atomic E-state index is 3.57. The number of rotatable bonds is 3. The first kappa shape index (κ1) is 12.4. The van der Waals surface area contributed by atoms with Gasteiger partial charge in [0.25, 0.3) is 0 Å². The number of hydrogen-bond acceptors (Lipinski definition) is 3. The Bertz CT molecular complexity index is 413. The molecule has 3 rings (SSSR count). The van der Waals surface area contributed by atoms with E-state index in [-0.39, 0.29) is 0 Å². The molecule has 3 heteroatoms. The third-order valence-corrected chi connectivity index (χ3v) is 5.19. The Labute approximate surface area is 114 Å². The molecule has 1 N–H and O–H groups in total. The number of likely N-dealkylation sites (N-methyl/N-ethyl adjacent to an activating group) is 1. The first-order chi connectivity index (χ1) is 8.83. The van der Waals surface area contributed by atoms with Crippen LogP contribution >= 0.6 is 11.8 Å². The summed E-state index contributed by atoms with van der Waals surface area (Å²) >= 11 is 2.01. The van der Waals surface area contributed by atoms with Crippen LogP contribution < -0.4 is 10.2 Å². The summed E-state index contributed by atoms with van der Waals surface area (Å²) < 4.78 is 0. The van der Waals surface area contributed by atoms with E-state index < -0.39 is 0 Å². The van der Waals surface area contributed by atoms with Crippen molar-refractivity contribution in [3.05, 3.63) is 23.8 Å². The molecule has 2 aliphatic rings. The first-order valence-corrected chi connectivity index (χ1v) is 8.02. The summed E-state index contributed by atoms with van der Waals surface area (Å²) in [4.78, 5) is 3.90. The fourth-order valence-electron chi connectivity index (χ4n) is 2.93. The summed E-state index contributed by atoms with van der Waals surface area (Å²) in [6.45, 7) is 2.32. The van der Waals surface area contributed by atoms with Crippen molar-refractivity contribution in [2.75, 3.05) is 30.8 Å². The largest absolute Gasteiger partial charge is 0.373 e. The van der Waals surface area contributed by atoms with Crippen molar-refractivity contribution in [2.24, 2.45) is 0 Å². The van der Waals surface area contributed by atoms with Gasteiger partial charge in [0.15, 0.2) is 0 Å². The highest BCUT2D eigenvalue weighted by atomic mass is 32.2. The van der Waals surface area contributed by atoms with Crippen molar-refractivity contribution in [2.45, 2.75) is 36.6 Å². The highest BCUT2D eigenvalue weighted by Crippen LogP contribution is 2.32. The molecule has 0 aromatic heterocycles. The van der Waals surface area contributed by atoms with Crippen molar-refractivity contribution in [1.82, 2.24) is 5.32 Å². The van der Waals surface area contributed by atoms with Crippen LogP contribution in [0, 0.1) is 0 Å². The molecule has 0 bridgehead atoms. The second kappa shape index (κ2) is 5.54. The molecule has 0 amide bonds. The van der Waals surface area contributed by atoms with Crippen LogP contribution in [-0.4, -0.2) is 31.9 Å². The van der Waals surface area contributed by atoms with Crippen LogP contribution in [0.2, 0.25) is 0 Å². The zero-order valence-corrected chi connectivity index (χ0v) is 11.9. The lowest BCUT2D eigenvalue weighted by atomic mass is 10.1. The van der Waals surface area contributed by atoms with Gasteiger partial charge in [0.2, 0.25) is 0 Å². The Balaban J connectivity index is 1.70. The molecule has 1 aromatic carbocycles. The summed E-state index contributed by atoms with van der Waals surface area (Å²) in [5.41, 5.74) is 2.93. The van der Waals surface area contributed by atoms with E-state index in [0.29, 0.717) is 6.04 Å². The topological polar surface area (TPSA) is 15.3 Å². The van der Waals surface area contributed by atoms with E-state index in [4.69, 9.17) is 0 Å². The van der Waals surface area contributed by atoms with Gasteiger partial charge >= 0.3 is 0 Å². The van der Waals surface area contributed by atoms with Crippen molar-refractivity contribution < 1.29 is 0 Å². The van der Waals surface area contributed by atoms with Gasteiger partial charge in [-0.1, -0.05) is 0 Å². The van der Waals surface area contributed by atoms with Crippen molar-refractivity contribution in [3.8, 4) is 0 Å². The van der Waals surface area contributed by atoms with Crippen LogP contribution in [0.5, 0.6) is 0 Å². The fourth-order valence-corrected chi connectivity index (χ4v) is 3.95. The Kier molecular flexibility index (Phi) is 3.80. The number of fused-ring (bicyclic) bond motifs is 1. The number of nitrogens with one attached hydrogen (secondary N) is 1. The molecule has 0 aliphatic carbocycles. The minimum absolute atomic E-state index is 0.681. The average Bonchev–Trinajstić information content (AvgIpc) is 2.91. The summed E-state index contributed by atoms with van der Waals surface area (Å²) in [5, 5.41) is 3.57. The van der Waals surface area contributed by atoms with Crippen LogP contribution in [0.15, 0.2) is 23.1 Å². The molecule has 2 heterocycles. The zero-order valence-electron chi connectivity index (χ0n) is 11.1. The molecule has 1 aromatic rings. The van der Waals surface area contributed by atoms with E-state index in [9.17, 15) is 0 Å². The highest BCUT2D eigenvalue weighted by Gasteiger charge is 2.17. The molecule has 1 saturated heterocycles. The Morgan fingerprint density at radius 2 is 2.33 bits per heavy atom. The van der Waals surface area contributed by atoms with Gasteiger partial charge in [-0.15, -0.1) is 11.8 Å². The quantitative estimate of drug-likeness (QED) is 0.901. The predicted octanol–water partition coefficient (Wildman–Crippen LogP) is 2.91. The molecule has 98 valence electrons. The van der Waals surface area contributed by atoms with Gasteiger partial charge in [-0.2, -0.15) is 0 Å². The van der Waals surface area contributed by atoms with Gasteiger partial charge in [-0.3, -0.25) is 0 Å². The van der Waals surface area contributed by atoms with Crippen LogP contribution in [0.1, 0.15) is 24.8 Å². The maximum Gasteiger partial charge on any atom is 0.0367 e. The molecular weight excluding hydrogens is 240 g/mol. The van der Waals surface area contributed by atoms with Crippen LogP contribution in [0.4, 0.5) is 5.69 Å². The van der Waals surface area contributed by atoms with Gasteiger partial charge in [0, 0.05) is 30.2 Å². The monoisotopic (exact) mass is 262 g/mol. The first-order valence-electron chi connectivity index (χ1n) is 7.03. The molecule has 1 unspecified atom stereocenters. The van der Waals surface area contributed by atoms with E-state index in [0.717, 1.165) is 6.54 Å². The van der Waals surface area contributed by atoms with E-state index in [1.807, 2.05) is 11.8 Å². The van der Waals surface area contributed by atoms with Crippen molar-refractivity contribution >= 4 is 17.4 Å². The Morgan fingerprint density at radius 3 is 3.17 bits per heavy atom. The molecule has 2 aliphatic heterocycles. The molecule has 1 atom stereocenters. The third kappa shape index (κ3) is 2.67. The highest BCUT2D eigenvalue weighted by molar-refractivity contribution is 7.99. The lowest BCUT2D eigenvalue weighted by Crippen LogP contribution is -2.35. The van der Waals surface area contributed by atoms with Gasteiger partial charge in [-0.25, -0.2) is 0 Å². The van der Waals surface area contributed by atoms with E-state index in [1.165, 1.54) is 48.6 Å². The third-order valence-electron chi connectivity index (χ3n) is 3.99. The van der Waals surface area contributed by atoms with E-state index in [2.05, 4.69) is 35.5 Å². The zero-order chi connectivity index (χ0) is 12.4. The van der Waals surface area contributed by atoms with Gasteiger partial charge < -0.3 is 10.2 Å². The number of nitrogens with zero attached hydrogens (tertiary/aromatic N) is 1. The number of benzene rings is 1. The molecule has 18 heavy (non-hydrogen) atoms. The molecular formula is C15H22N2S. The molecule has 0 spiro atoms. The van der Waals surface area contributed by atoms with Gasteiger partial charge in [0.1, 0.15) is 0 Å². The molecule has 0 radical (unpaired) electrons. The van der Waals surface area contributed by atoms with Crippen LogP contribution in [0.3, 0.4) is 0 Å². The Hall–Kier alpha value is -0.670. The smallest absolute Gasteiger partial charge is 0.0367 e. The number of thioether (sulfide) groups is 1. The van der Waals surface area contributed by atoms with Gasteiger partial charge in [0.05, 0.1) is 0 Å².